The quantitative estimate of drug-likeness (QED) is 0.785. The Hall–Kier alpha value is -1.94. The molecule has 0 bridgehead atoms. The number of hydrogen-bond donors (Lipinski definition) is 2. The Morgan fingerprint density at radius 2 is 2.00 bits per heavy atom. The Balaban J connectivity index is 2.27. The summed E-state index contributed by atoms with van der Waals surface area (Å²) in [4.78, 5) is 3.98. The van der Waals surface area contributed by atoms with E-state index in [1.54, 1.807) is 30.3 Å². The molecule has 0 saturated heterocycles. The smallest absolute Gasteiger partial charge is 0.242 e. The molecule has 82 valence electrons. The van der Waals surface area contributed by atoms with Crippen LogP contribution < -0.4 is 16.2 Å². The molecule has 4 nitrogen and oxygen atoms in total. The highest BCUT2D eigenvalue weighted by atomic mass is 35.5. The number of rotatable bonds is 2. The number of nitrogen functional groups attached to an aromatic ring is 2. The minimum absolute atomic E-state index is 0.315. The van der Waals surface area contributed by atoms with Crippen molar-refractivity contribution in [2.24, 2.45) is 0 Å². The van der Waals surface area contributed by atoms with Gasteiger partial charge in [-0.25, -0.2) is 4.98 Å². The van der Waals surface area contributed by atoms with Gasteiger partial charge in [-0.2, -0.15) is 0 Å². The maximum absolute atomic E-state index is 5.73. The highest BCUT2D eigenvalue weighted by molar-refractivity contribution is 6.30. The van der Waals surface area contributed by atoms with Crippen LogP contribution in [-0.2, 0) is 0 Å². The van der Waals surface area contributed by atoms with Crippen LogP contribution in [0, 0.1) is 0 Å². The highest BCUT2D eigenvalue weighted by Gasteiger charge is 2.04. The van der Waals surface area contributed by atoms with E-state index in [4.69, 9.17) is 27.8 Å². The van der Waals surface area contributed by atoms with Crippen LogP contribution in [0.4, 0.5) is 11.4 Å². The van der Waals surface area contributed by atoms with Gasteiger partial charge in [0.1, 0.15) is 5.75 Å². The summed E-state index contributed by atoms with van der Waals surface area (Å²) >= 11 is 5.73. The van der Waals surface area contributed by atoms with E-state index in [9.17, 15) is 0 Å². The van der Waals surface area contributed by atoms with E-state index in [0.29, 0.717) is 28.0 Å². The van der Waals surface area contributed by atoms with Crippen LogP contribution in [0.1, 0.15) is 0 Å². The van der Waals surface area contributed by atoms with Crippen LogP contribution in [0.5, 0.6) is 11.6 Å². The molecule has 5 heteroatoms. The molecule has 4 N–H and O–H groups in total. The molecule has 0 saturated carbocycles. The van der Waals surface area contributed by atoms with Crippen LogP contribution in [0.15, 0.2) is 36.5 Å². The van der Waals surface area contributed by atoms with Crippen molar-refractivity contribution in [3.63, 3.8) is 0 Å². The van der Waals surface area contributed by atoms with E-state index in [1.165, 1.54) is 6.20 Å². The predicted octanol–water partition coefficient (Wildman–Crippen LogP) is 2.69. The van der Waals surface area contributed by atoms with E-state index in [0.717, 1.165) is 0 Å². The summed E-state index contributed by atoms with van der Waals surface area (Å²) in [6, 6.07) is 8.60. The van der Waals surface area contributed by atoms with Crippen molar-refractivity contribution in [3.05, 3.63) is 41.6 Å². The first kappa shape index (κ1) is 10.6. The zero-order valence-electron chi connectivity index (χ0n) is 8.35. The maximum Gasteiger partial charge on any atom is 0.242 e. The second kappa shape index (κ2) is 4.28. The third-order valence-corrected chi connectivity index (χ3v) is 2.12. The molecule has 16 heavy (non-hydrogen) atoms. The Labute approximate surface area is 97.8 Å². The molecule has 2 aromatic rings. The van der Waals surface area contributed by atoms with Gasteiger partial charge in [-0.05, 0) is 18.2 Å². The molecule has 0 atom stereocenters. The monoisotopic (exact) mass is 235 g/mol. The van der Waals surface area contributed by atoms with Crippen molar-refractivity contribution in [2.45, 2.75) is 0 Å². The van der Waals surface area contributed by atoms with Crippen molar-refractivity contribution in [1.82, 2.24) is 4.98 Å². The molecule has 1 aromatic heterocycles. The van der Waals surface area contributed by atoms with Gasteiger partial charge in [0.05, 0.1) is 10.7 Å². The minimum atomic E-state index is 0.315. The van der Waals surface area contributed by atoms with Crippen molar-refractivity contribution in [1.29, 1.82) is 0 Å². The third-order valence-electron chi connectivity index (χ3n) is 1.92. The van der Waals surface area contributed by atoms with Gasteiger partial charge in [0, 0.05) is 18.0 Å². The van der Waals surface area contributed by atoms with Crippen molar-refractivity contribution in [3.8, 4) is 11.6 Å². The second-order valence-corrected chi connectivity index (χ2v) is 3.66. The Morgan fingerprint density at radius 1 is 1.19 bits per heavy atom. The van der Waals surface area contributed by atoms with E-state index in [2.05, 4.69) is 4.98 Å². The van der Waals surface area contributed by atoms with Crippen LogP contribution in [0.2, 0.25) is 5.02 Å². The molecule has 0 aliphatic heterocycles. The molecular formula is C11H10ClN3O. The normalized spacial score (nSPS) is 10.1. The first-order chi connectivity index (χ1) is 7.65. The number of nitrogens with two attached hydrogens (primary N) is 2. The molecule has 2 rings (SSSR count). The maximum atomic E-state index is 5.73. The highest BCUT2D eigenvalue weighted by Crippen LogP contribution is 2.27. The first-order valence-electron chi connectivity index (χ1n) is 4.59. The summed E-state index contributed by atoms with van der Waals surface area (Å²) in [5.74, 6) is 0.900. The zero-order valence-corrected chi connectivity index (χ0v) is 9.11. The number of pyridine rings is 1. The van der Waals surface area contributed by atoms with Crippen LogP contribution >= 0.6 is 11.6 Å². The molecule has 0 aliphatic carbocycles. The summed E-state index contributed by atoms with van der Waals surface area (Å²) in [5.41, 5.74) is 12.3. The number of nitrogens with zero attached hydrogens (tertiary/aromatic N) is 1. The summed E-state index contributed by atoms with van der Waals surface area (Å²) in [6.45, 7) is 0. The fourth-order valence-corrected chi connectivity index (χ4v) is 1.38. The van der Waals surface area contributed by atoms with Gasteiger partial charge >= 0.3 is 0 Å². The van der Waals surface area contributed by atoms with Gasteiger partial charge in [0.15, 0.2) is 0 Å². The summed E-state index contributed by atoms with van der Waals surface area (Å²) in [5, 5.41) is 0.470. The molecular weight excluding hydrogens is 226 g/mol. The Bertz CT molecular complexity index is 516. The fourth-order valence-electron chi connectivity index (χ4n) is 1.22. The van der Waals surface area contributed by atoms with Crippen LogP contribution in [-0.4, -0.2) is 4.98 Å². The van der Waals surface area contributed by atoms with Gasteiger partial charge in [-0.3, -0.25) is 0 Å². The lowest BCUT2D eigenvalue weighted by molar-refractivity contribution is 0.466. The fraction of sp³-hybridized carbons (Fsp3) is 0. The molecule has 0 radical (unpaired) electrons. The van der Waals surface area contributed by atoms with Crippen molar-refractivity contribution >= 4 is 23.0 Å². The van der Waals surface area contributed by atoms with Gasteiger partial charge in [0.25, 0.3) is 0 Å². The van der Waals surface area contributed by atoms with Gasteiger partial charge in [0.2, 0.25) is 5.88 Å². The predicted molar refractivity (Wildman–Crippen MR) is 64.6 cm³/mol. The minimum Gasteiger partial charge on any atom is -0.437 e. The SMILES string of the molecule is Nc1cccc(Oc2ncc(Cl)cc2N)c1. The molecule has 0 aliphatic rings. The molecule has 0 amide bonds. The number of benzene rings is 1. The lowest BCUT2D eigenvalue weighted by Crippen LogP contribution is -1.95. The summed E-state index contributed by atoms with van der Waals surface area (Å²) < 4.78 is 5.47. The van der Waals surface area contributed by atoms with Crippen molar-refractivity contribution in [2.75, 3.05) is 11.5 Å². The van der Waals surface area contributed by atoms with Gasteiger partial charge in [-0.15, -0.1) is 0 Å². The zero-order chi connectivity index (χ0) is 11.5. The summed E-state index contributed by atoms with van der Waals surface area (Å²) in [7, 11) is 0. The van der Waals surface area contributed by atoms with E-state index in [-0.39, 0.29) is 0 Å². The van der Waals surface area contributed by atoms with Crippen molar-refractivity contribution < 1.29 is 4.74 Å². The number of anilines is 2. The lowest BCUT2D eigenvalue weighted by Gasteiger charge is -2.07. The van der Waals surface area contributed by atoms with E-state index < -0.39 is 0 Å². The second-order valence-electron chi connectivity index (χ2n) is 3.22. The molecule has 0 fully saturated rings. The number of halogens is 1. The standard InChI is InChI=1S/C11H10ClN3O/c12-7-4-10(14)11(15-6-7)16-9-3-1-2-8(13)5-9/h1-6H,13-14H2. The number of ether oxygens (including phenoxy) is 1. The molecule has 0 spiro atoms. The molecule has 1 heterocycles. The van der Waals surface area contributed by atoms with Gasteiger partial charge in [-0.1, -0.05) is 17.7 Å². The topological polar surface area (TPSA) is 74.2 Å². The Morgan fingerprint density at radius 3 is 2.69 bits per heavy atom. The van der Waals surface area contributed by atoms with Crippen LogP contribution in [0.25, 0.3) is 0 Å². The average molecular weight is 236 g/mol. The lowest BCUT2D eigenvalue weighted by atomic mass is 10.3. The summed E-state index contributed by atoms with van der Waals surface area (Å²) in [6.07, 6.45) is 1.47. The Kier molecular flexibility index (Phi) is 2.83. The van der Waals surface area contributed by atoms with Crippen LogP contribution in [0.3, 0.4) is 0 Å². The molecule has 1 aromatic carbocycles. The average Bonchev–Trinajstić information content (AvgIpc) is 2.22. The largest absolute Gasteiger partial charge is 0.437 e. The number of aromatic nitrogens is 1. The molecule has 0 unspecified atom stereocenters. The third kappa shape index (κ3) is 2.35. The van der Waals surface area contributed by atoms with E-state index >= 15 is 0 Å². The first-order valence-corrected chi connectivity index (χ1v) is 4.97. The number of hydrogen-bond acceptors (Lipinski definition) is 4. The van der Waals surface area contributed by atoms with E-state index in [1.807, 2.05) is 0 Å². The van der Waals surface area contributed by atoms with Gasteiger partial charge < -0.3 is 16.2 Å².